The van der Waals surface area contributed by atoms with E-state index in [1.165, 1.54) is 6.33 Å². The molecular weight excluding hydrogens is 310 g/mol. The molecule has 0 aliphatic carbocycles. The van der Waals surface area contributed by atoms with Crippen molar-refractivity contribution in [3.8, 4) is 0 Å². The molecule has 0 saturated heterocycles. The van der Waals surface area contributed by atoms with E-state index in [0.717, 1.165) is 16.3 Å². The molecule has 0 atom stereocenters. The van der Waals surface area contributed by atoms with E-state index in [1.54, 1.807) is 0 Å². The molecule has 0 unspecified atom stereocenters. The first-order valence-electron chi connectivity index (χ1n) is 8.28. The summed E-state index contributed by atoms with van der Waals surface area (Å²) in [5.41, 5.74) is 7.96. The van der Waals surface area contributed by atoms with Gasteiger partial charge in [0.2, 0.25) is 0 Å². The normalized spacial score (nSPS) is 11.5. The van der Waals surface area contributed by atoms with Crippen molar-refractivity contribution in [2.45, 2.75) is 32.7 Å². The molecule has 3 aromatic rings. The van der Waals surface area contributed by atoms with Gasteiger partial charge >= 0.3 is 0 Å². The number of anilines is 2. The fraction of sp³-hybridized carbons (Fsp3) is 0.250. The third kappa shape index (κ3) is 3.76. The van der Waals surface area contributed by atoms with E-state index in [9.17, 15) is 0 Å². The zero-order chi connectivity index (χ0) is 18.0. The van der Waals surface area contributed by atoms with Gasteiger partial charge in [-0.1, -0.05) is 42.5 Å². The summed E-state index contributed by atoms with van der Waals surface area (Å²) in [6.07, 6.45) is 1.90. The van der Waals surface area contributed by atoms with E-state index in [0.29, 0.717) is 29.3 Å². The van der Waals surface area contributed by atoms with Gasteiger partial charge in [-0.15, -0.1) is 0 Å². The molecule has 25 heavy (non-hydrogen) atoms. The van der Waals surface area contributed by atoms with Crippen LogP contribution in [-0.2, 0) is 6.42 Å². The van der Waals surface area contributed by atoms with Gasteiger partial charge in [0, 0.05) is 12.0 Å². The Kier molecular flexibility index (Phi) is 4.40. The standard InChI is InChI=1S/C20H23N5/c1-20(2,3)25-19-17(18(22)23-12-24-19)16(21)11-14-9-6-8-13-7-4-5-10-15(13)14/h4-10,12,21H,11H2,1-3H3,(H3,22,23,24,25). The number of hydrogen-bond acceptors (Lipinski definition) is 5. The molecule has 5 nitrogen and oxygen atoms in total. The van der Waals surface area contributed by atoms with Crippen molar-refractivity contribution in [3.63, 3.8) is 0 Å². The number of nitrogen functional groups attached to an aromatic ring is 1. The summed E-state index contributed by atoms with van der Waals surface area (Å²) < 4.78 is 0. The third-order valence-corrected chi connectivity index (χ3v) is 3.92. The fourth-order valence-electron chi connectivity index (χ4n) is 2.87. The summed E-state index contributed by atoms with van der Waals surface area (Å²) in [6.45, 7) is 6.14. The molecule has 0 bridgehead atoms. The molecule has 1 heterocycles. The van der Waals surface area contributed by atoms with E-state index in [1.807, 2.05) is 45.0 Å². The van der Waals surface area contributed by atoms with Gasteiger partial charge in [0.15, 0.2) is 0 Å². The third-order valence-electron chi connectivity index (χ3n) is 3.92. The fourth-order valence-corrected chi connectivity index (χ4v) is 2.87. The van der Waals surface area contributed by atoms with Gasteiger partial charge in [-0.2, -0.15) is 0 Å². The predicted octanol–water partition coefficient (Wildman–Crippen LogP) is 4.03. The molecule has 5 heteroatoms. The second-order valence-electron chi connectivity index (χ2n) is 7.15. The highest BCUT2D eigenvalue weighted by Crippen LogP contribution is 2.25. The lowest BCUT2D eigenvalue weighted by molar-refractivity contribution is 0.630. The summed E-state index contributed by atoms with van der Waals surface area (Å²) >= 11 is 0. The maximum Gasteiger partial charge on any atom is 0.141 e. The van der Waals surface area contributed by atoms with Crippen LogP contribution in [0.5, 0.6) is 0 Å². The molecule has 0 aliphatic heterocycles. The Hall–Kier alpha value is -2.95. The van der Waals surface area contributed by atoms with Crippen LogP contribution >= 0.6 is 0 Å². The Morgan fingerprint density at radius 3 is 2.56 bits per heavy atom. The zero-order valence-electron chi connectivity index (χ0n) is 14.8. The topological polar surface area (TPSA) is 87.7 Å². The van der Waals surface area contributed by atoms with E-state index < -0.39 is 0 Å². The summed E-state index contributed by atoms with van der Waals surface area (Å²) in [6, 6.07) is 14.3. The molecule has 1 aromatic heterocycles. The quantitative estimate of drug-likeness (QED) is 0.629. The van der Waals surface area contributed by atoms with Gasteiger partial charge in [0.05, 0.1) is 11.3 Å². The van der Waals surface area contributed by atoms with Crippen LogP contribution < -0.4 is 11.1 Å². The minimum absolute atomic E-state index is 0.185. The van der Waals surface area contributed by atoms with Gasteiger partial charge in [0.25, 0.3) is 0 Å². The van der Waals surface area contributed by atoms with E-state index in [-0.39, 0.29) is 5.54 Å². The maximum atomic E-state index is 8.63. The highest BCUT2D eigenvalue weighted by atomic mass is 15.1. The first-order chi connectivity index (χ1) is 11.8. The second kappa shape index (κ2) is 6.51. The van der Waals surface area contributed by atoms with Crippen LogP contribution in [-0.4, -0.2) is 21.2 Å². The SMILES string of the molecule is CC(C)(C)Nc1ncnc(N)c1C(=N)Cc1cccc2ccccc12. The average Bonchev–Trinajstić information content (AvgIpc) is 2.53. The van der Waals surface area contributed by atoms with Crippen molar-refractivity contribution >= 4 is 28.1 Å². The van der Waals surface area contributed by atoms with Crippen LogP contribution in [0.1, 0.15) is 31.9 Å². The lowest BCUT2D eigenvalue weighted by Crippen LogP contribution is -2.28. The lowest BCUT2D eigenvalue weighted by atomic mass is 9.97. The van der Waals surface area contributed by atoms with Crippen LogP contribution in [0.2, 0.25) is 0 Å². The van der Waals surface area contributed by atoms with Gasteiger partial charge < -0.3 is 16.5 Å². The van der Waals surface area contributed by atoms with Crippen molar-refractivity contribution in [2.75, 3.05) is 11.1 Å². The lowest BCUT2D eigenvalue weighted by Gasteiger charge is -2.23. The molecule has 0 aliphatic rings. The second-order valence-corrected chi connectivity index (χ2v) is 7.15. The van der Waals surface area contributed by atoms with Crippen molar-refractivity contribution in [1.82, 2.24) is 9.97 Å². The highest BCUT2D eigenvalue weighted by molar-refractivity contribution is 6.08. The molecule has 0 amide bonds. The number of nitrogens with zero attached hydrogens (tertiary/aromatic N) is 2. The number of nitrogens with one attached hydrogen (secondary N) is 2. The molecule has 0 fully saturated rings. The maximum absolute atomic E-state index is 8.63. The van der Waals surface area contributed by atoms with Crippen molar-refractivity contribution in [2.24, 2.45) is 0 Å². The van der Waals surface area contributed by atoms with Crippen molar-refractivity contribution in [1.29, 1.82) is 5.41 Å². The van der Waals surface area contributed by atoms with Gasteiger partial charge in [0.1, 0.15) is 18.0 Å². The monoisotopic (exact) mass is 333 g/mol. The number of rotatable bonds is 4. The summed E-state index contributed by atoms with van der Waals surface area (Å²) in [4.78, 5) is 8.39. The summed E-state index contributed by atoms with van der Waals surface area (Å²) in [5.74, 6) is 0.928. The molecule has 0 spiro atoms. The van der Waals surface area contributed by atoms with Crippen molar-refractivity contribution in [3.05, 3.63) is 59.9 Å². The Balaban J connectivity index is 1.99. The highest BCUT2D eigenvalue weighted by Gasteiger charge is 2.19. The van der Waals surface area contributed by atoms with Gasteiger partial charge in [-0.3, -0.25) is 0 Å². The minimum atomic E-state index is -0.185. The van der Waals surface area contributed by atoms with E-state index >= 15 is 0 Å². The van der Waals surface area contributed by atoms with Gasteiger partial charge in [-0.25, -0.2) is 9.97 Å². The number of fused-ring (bicyclic) bond motifs is 1. The predicted molar refractivity (Wildman–Crippen MR) is 104 cm³/mol. The molecular formula is C20H23N5. The molecule has 2 aromatic carbocycles. The molecule has 0 saturated carbocycles. The van der Waals surface area contributed by atoms with Gasteiger partial charge in [-0.05, 0) is 37.1 Å². The van der Waals surface area contributed by atoms with Crippen LogP contribution in [0.15, 0.2) is 48.8 Å². The Labute approximate surface area is 147 Å². The van der Waals surface area contributed by atoms with E-state index in [4.69, 9.17) is 11.1 Å². The molecule has 3 rings (SSSR count). The Morgan fingerprint density at radius 2 is 1.80 bits per heavy atom. The first-order valence-corrected chi connectivity index (χ1v) is 8.28. The molecule has 4 N–H and O–H groups in total. The minimum Gasteiger partial charge on any atom is -0.383 e. The Morgan fingerprint density at radius 1 is 1.08 bits per heavy atom. The number of aromatic nitrogens is 2. The number of nitrogens with two attached hydrogens (primary N) is 1. The largest absolute Gasteiger partial charge is 0.383 e. The number of benzene rings is 2. The van der Waals surface area contributed by atoms with Crippen LogP contribution in [0, 0.1) is 5.41 Å². The summed E-state index contributed by atoms with van der Waals surface area (Å²) in [7, 11) is 0. The first kappa shape index (κ1) is 16.9. The Bertz CT molecular complexity index is 920. The number of hydrogen-bond donors (Lipinski definition) is 3. The van der Waals surface area contributed by atoms with Crippen LogP contribution in [0.25, 0.3) is 10.8 Å². The zero-order valence-corrected chi connectivity index (χ0v) is 14.8. The smallest absolute Gasteiger partial charge is 0.141 e. The molecule has 0 radical (unpaired) electrons. The molecule has 128 valence electrons. The average molecular weight is 333 g/mol. The van der Waals surface area contributed by atoms with E-state index in [2.05, 4.69) is 33.5 Å². The summed E-state index contributed by atoms with van der Waals surface area (Å²) in [5, 5.41) is 14.3. The van der Waals surface area contributed by atoms with Crippen LogP contribution in [0.3, 0.4) is 0 Å². The van der Waals surface area contributed by atoms with Crippen molar-refractivity contribution < 1.29 is 0 Å². The van der Waals surface area contributed by atoms with Crippen LogP contribution in [0.4, 0.5) is 11.6 Å².